The van der Waals surface area contributed by atoms with E-state index in [0.717, 1.165) is 38.5 Å². The van der Waals surface area contributed by atoms with Gasteiger partial charge in [-0.3, -0.25) is 4.79 Å². The van der Waals surface area contributed by atoms with Gasteiger partial charge in [0, 0.05) is 0 Å². The van der Waals surface area contributed by atoms with Crippen molar-refractivity contribution in [3.8, 4) is 0 Å². The number of carbonyl (C=O) groups excluding carboxylic acids is 1. The number of carbonyl (C=O) groups is 1. The molecule has 0 aromatic carbocycles. The number of nitrogens with one attached hydrogen (secondary N) is 1. The van der Waals surface area contributed by atoms with Gasteiger partial charge in [-0.15, -0.1) is 0 Å². The van der Waals surface area contributed by atoms with Crippen LogP contribution in [0.3, 0.4) is 0 Å². The van der Waals surface area contributed by atoms with Crippen LogP contribution >= 0.6 is 0 Å². The van der Waals surface area contributed by atoms with Crippen molar-refractivity contribution in [2.75, 3.05) is 6.61 Å². The molecule has 4 unspecified atom stereocenters. The fourth-order valence-electron chi connectivity index (χ4n) is 8.40. The van der Waals surface area contributed by atoms with Crippen molar-refractivity contribution < 1.29 is 25.2 Å². The van der Waals surface area contributed by atoms with E-state index in [4.69, 9.17) is 0 Å². The summed E-state index contributed by atoms with van der Waals surface area (Å²) in [5, 5.41) is 43.9. The van der Waals surface area contributed by atoms with E-state index in [9.17, 15) is 25.2 Å². The predicted molar refractivity (Wildman–Crippen MR) is 261 cm³/mol. The monoisotopic (exact) mass is 848 g/mol. The number of aliphatic hydroxyl groups is 4. The molecule has 5 N–H and O–H groups in total. The maximum Gasteiger partial charge on any atom is 0.249 e. The summed E-state index contributed by atoms with van der Waals surface area (Å²) in [6, 6.07) is -1.00. The molecule has 0 aliphatic carbocycles. The molecule has 0 aromatic heterocycles. The van der Waals surface area contributed by atoms with E-state index < -0.39 is 36.9 Å². The minimum atomic E-state index is -1.28. The van der Waals surface area contributed by atoms with Crippen LogP contribution in [0.25, 0.3) is 0 Å². The molecule has 0 radical (unpaired) electrons. The predicted octanol–water partition coefficient (Wildman–Crippen LogP) is 15.1. The molecule has 0 bridgehead atoms. The fourth-order valence-corrected chi connectivity index (χ4v) is 8.40. The third-order valence-electron chi connectivity index (χ3n) is 12.6. The van der Waals surface area contributed by atoms with Gasteiger partial charge in [0.2, 0.25) is 5.91 Å². The molecule has 60 heavy (non-hydrogen) atoms. The number of allylic oxidation sites excluding steroid dienone is 4. The number of hydrogen-bond donors (Lipinski definition) is 5. The summed E-state index contributed by atoms with van der Waals surface area (Å²) in [6.45, 7) is 4.07. The second-order valence-electron chi connectivity index (χ2n) is 18.6. The first-order valence-corrected chi connectivity index (χ1v) is 26.7. The van der Waals surface area contributed by atoms with E-state index in [-0.39, 0.29) is 0 Å². The van der Waals surface area contributed by atoms with E-state index in [0.29, 0.717) is 12.8 Å². The molecule has 0 aromatic rings. The summed E-state index contributed by atoms with van der Waals surface area (Å²) >= 11 is 0. The highest BCUT2D eigenvalue weighted by Crippen LogP contribution is 2.17. The quantitative estimate of drug-likeness (QED) is 0.0309. The molecule has 4 atom stereocenters. The molecule has 0 saturated carbocycles. The minimum absolute atomic E-state index is 0.364. The molecule has 0 rings (SSSR count). The Morgan fingerprint density at radius 1 is 0.400 bits per heavy atom. The molecule has 0 spiro atoms. The summed E-state index contributed by atoms with van der Waals surface area (Å²) in [5.41, 5.74) is 0. The molecule has 0 aliphatic rings. The molecule has 1 amide bonds. The van der Waals surface area contributed by atoms with Crippen LogP contribution in [0.2, 0.25) is 0 Å². The number of aliphatic hydroxyl groups excluding tert-OH is 4. The van der Waals surface area contributed by atoms with Gasteiger partial charge >= 0.3 is 0 Å². The highest BCUT2D eigenvalue weighted by molar-refractivity contribution is 5.80. The van der Waals surface area contributed by atoms with Gasteiger partial charge in [0.05, 0.1) is 18.8 Å². The Labute approximate surface area is 374 Å². The van der Waals surface area contributed by atoms with Crippen molar-refractivity contribution in [3.05, 3.63) is 24.3 Å². The largest absolute Gasteiger partial charge is 0.394 e. The topological polar surface area (TPSA) is 110 Å². The van der Waals surface area contributed by atoms with Crippen molar-refractivity contribution in [3.63, 3.8) is 0 Å². The smallest absolute Gasteiger partial charge is 0.249 e. The second kappa shape index (κ2) is 48.8. The van der Waals surface area contributed by atoms with Crippen molar-refractivity contribution in [2.24, 2.45) is 0 Å². The van der Waals surface area contributed by atoms with Crippen LogP contribution in [0.1, 0.15) is 284 Å². The molecule has 6 heteroatoms. The van der Waals surface area contributed by atoms with E-state index >= 15 is 0 Å². The molecular weight excluding hydrogens is 743 g/mol. The lowest BCUT2D eigenvalue weighted by molar-refractivity contribution is -0.132. The van der Waals surface area contributed by atoms with Crippen molar-refractivity contribution >= 4 is 5.91 Å². The lowest BCUT2D eigenvalue weighted by Gasteiger charge is -2.27. The average Bonchev–Trinajstić information content (AvgIpc) is 3.25. The molecule has 0 heterocycles. The molecule has 0 saturated heterocycles. The lowest BCUT2D eigenvalue weighted by Crippen LogP contribution is -2.53. The van der Waals surface area contributed by atoms with Gasteiger partial charge in [0.1, 0.15) is 12.2 Å². The van der Waals surface area contributed by atoms with Gasteiger partial charge in [0.25, 0.3) is 0 Å². The van der Waals surface area contributed by atoms with Crippen LogP contribution in [-0.2, 0) is 4.79 Å². The van der Waals surface area contributed by atoms with E-state index in [2.05, 4.69) is 43.5 Å². The summed E-state index contributed by atoms with van der Waals surface area (Å²) in [7, 11) is 0. The first kappa shape index (κ1) is 58.8. The Balaban J connectivity index is 3.65. The van der Waals surface area contributed by atoms with Crippen LogP contribution in [0.4, 0.5) is 0 Å². The average molecular weight is 848 g/mol. The second-order valence-corrected chi connectivity index (χ2v) is 18.6. The van der Waals surface area contributed by atoms with Crippen molar-refractivity contribution in [1.82, 2.24) is 5.32 Å². The Morgan fingerprint density at radius 2 is 0.683 bits per heavy atom. The highest BCUT2D eigenvalue weighted by Gasteiger charge is 2.28. The fraction of sp³-hybridized carbons (Fsp3) is 0.907. The van der Waals surface area contributed by atoms with Crippen LogP contribution in [0.5, 0.6) is 0 Å². The maximum atomic E-state index is 12.6. The van der Waals surface area contributed by atoms with Gasteiger partial charge in [-0.1, -0.05) is 244 Å². The van der Waals surface area contributed by atoms with Gasteiger partial charge in [-0.25, -0.2) is 0 Å². The summed E-state index contributed by atoms with van der Waals surface area (Å²) in [4.78, 5) is 12.6. The zero-order valence-corrected chi connectivity index (χ0v) is 40.2. The molecular formula is C54H105NO5. The lowest BCUT2D eigenvalue weighted by atomic mass is 10.00. The minimum Gasteiger partial charge on any atom is -0.394 e. The summed E-state index contributed by atoms with van der Waals surface area (Å²) in [5.74, 6) is -0.591. The SMILES string of the molecule is CCCCCCCCCCCCCC/C=C\CCCCCCCCCCCCCC(O)C(=O)NC(CO)C(O)C(O)CCC/C=C/CCCCCCCCCCCCCC. The third-order valence-corrected chi connectivity index (χ3v) is 12.6. The van der Waals surface area contributed by atoms with Gasteiger partial charge < -0.3 is 25.7 Å². The zero-order valence-electron chi connectivity index (χ0n) is 40.2. The van der Waals surface area contributed by atoms with E-state index in [1.165, 1.54) is 218 Å². The summed E-state index contributed by atoms with van der Waals surface area (Å²) in [6.07, 6.45) is 58.1. The van der Waals surface area contributed by atoms with E-state index in [1.54, 1.807) is 0 Å². The Kier molecular flexibility index (Phi) is 47.8. The van der Waals surface area contributed by atoms with Crippen LogP contribution in [-0.4, -0.2) is 57.3 Å². The molecule has 0 aliphatic heterocycles. The number of hydrogen-bond acceptors (Lipinski definition) is 5. The first-order valence-electron chi connectivity index (χ1n) is 26.7. The standard InChI is InChI=1S/C54H105NO5/c1-3-5-7-9-11-13-15-17-19-21-22-23-24-25-26-27-28-29-30-32-34-36-38-40-42-44-46-48-52(58)54(60)55-50(49-56)53(59)51(57)47-45-43-41-39-37-35-33-31-20-18-16-14-12-10-8-6-4-2/h25-26,39,41,50-53,56-59H,3-24,27-38,40,42-49H2,1-2H3,(H,55,60)/b26-25-,41-39+. The van der Waals surface area contributed by atoms with Crippen LogP contribution in [0, 0.1) is 0 Å². The number of unbranched alkanes of at least 4 members (excludes halogenated alkanes) is 36. The molecule has 6 nitrogen and oxygen atoms in total. The number of amides is 1. The van der Waals surface area contributed by atoms with Crippen LogP contribution < -0.4 is 5.32 Å². The van der Waals surface area contributed by atoms with Crippen molar-refractivity contribution in [1.29, 1.82) is 0 Å². The maximum absolute atomic E-state index is 12.6. The van der Waals surface area contributed by atoms with Crippen LogP contribution in [0.15, 0.2) is 24.3 Å². The highest BCUT2D eigenvalue weighted by atomic mass is 16.3. The normalized spacial score (nSPS) is 14.0. The van der Waals surface area contributed by atoms with Gasteiger partial charge in [-0.05, 0) is 64.2 Å². The van der Waals surface area contributed by atoms with Crippen molar-refractivity contribution in [2.45, 2.75) is 308 Å². The summed E-state index contributed by atoms with van der Waals surface area (Å²) < 4.78 is 0. The first-order chi connectivity index (χ1) is 29.5. The number of rotatable bonds is 49. The molecule has 0 fully saturated rings. The zero-order chi connectivity index (χ0) is 43.8. The Hall–Kier alpha value is -1.21. The third kappa shape index (κ3) is 42.1. The van der Waals surface area contributed by atoms with Gasteiger partial charge in [0.15, 0.2) is 0 Å². The Morgan fingerprint density at radius 3 is 1.00 bits per heavy atom. The van der Waals surface area contributed by atoms with E-state index in [1.807, 2.05) is 0 Å². The molecule has 356 valence electrons. The van der Waals surface area contributed by atoms with Gasteiger partial charge in [-0.2, -0.15) is 0 Å². The Bertz CT molecular complexity index is 909.